The first-order valence-corrected chi connectivity index (χ1v) is 13.1. The molecule has 0 bridgehead atoms. The number of halogens is 1. The van der Waals surface area contributed by atoms with Crippen LogP contribution in [-0.4, -0.2) is 58.7 Å². The van der Waals surface area contributed by atoms with Crippen molar-refractivity contribution in [3.8, 4) is 5.75 Å². The summed E-state index contributed by atoms with van der Waals surface area (Å²) < 4.78 is 51.7. The highest BCUT2D eigenvalue weighted by molar-refractivity contribution is 7.91. The fourth-order valence-corrected chi connectivity index (χ4v) is 4.17. The van der Waals surface area contributed by atoms with E-state index in [-0.39, 0.29) is 17.2 Å². The van der Waals surface area contributed by atoms with Crippen molar-refractivity contribution in [2.24, 2.45) is 0 Å². The lowest BCUT2D eigenvalue weighted by atomic mass is 10.2. The van der Waals surface area contributed by atoms with Gasteiger partial charge in [-0.3, -0.25) is 0 Å². The molecule has 3 aromatic rings. The Bertz CT molecular complexity index is 1300. The molecule has 0 atom stereocenters. The molecule has 0 aliphatic rings. The van der Waals surface area contributed by atoms with E-state index in [0.717, 1.165) is 6.26 Å². The van der Waals surface area contributed by atoms with Crippen LogP contribution in [0.25, 0.3) is 11.0 Å². The lowest BCUT2D eigenvalue weighted by Gasteiger charge is -2.14. The smallest absolute Gasteiger partial charge is 0.175 e. The number of aromatic nitrogens is 2. The minimum absolute atomic E-state index is 0.0393. The Labute approximate surface area is 179 Å². The minimum Gasteiger partial charge on any atom is -0.495 e. The van der Waals surface area contributed by atoms with E-state index in [1.165, 1.54) is 25.5 Å². The molecule has 0 unspecified atom stereocenters. The van der Waals surface area contributed by atoms with E-state index in [0.29, 0.717) is 39.0 Å². The number of hydrogen-bond donors (Lipinski definition) is 3. The van der Waals surface area contributed by atoms with E-state index in [2.05, 4.69) is 20.6 Å². The second-order valence-electron chi connectivity index (χ2n) is 6.73. The fraction of sp³-hybridized carbons (Fsp3) is 0.278. The van der Waals surface area contributed by atoms with Crippen molar-refractivity contribution in [3.05, 3.63) is 35.5 Å². The summed E-state index contributed by atoms with van der Waals surface area (Å²) in [6.07, 6.45) is 3.87. The van der Waals surface area contributed by atoms with Crippen molar-refractivity contribution in [1.82, 2.24) is 9.97 Å². The normalized spacial score (nSPS) is 12.1. The quantitative estimate of drug-likeness (QED) is 0.456. The van der Waals surface area contributed by atoms with Crippen molar-refractivity contribution < 1.29 is 21.6 Å². The number of anilines is 3. The number of H-pyrrole nitrogens is 1. The number of nitrogens with zero attached hydrogens (tertiary/aromatic N) is 1. The van der Waals surface area contributed by atoms with Crippen molar-refractivity contribution >= 4 is 59.5 Å². The highest BCUT2D eigenvalue weighted by Gasteiger charge is 2.15. The third-order valence-corrected chi connectivity index (χ3v) is 6.60. The van der Waals surface area contributed by atoms with Gasteiger partial charge in [0.25, 0.3) is 0 Å². The van der Waals surface area contributed by atoms with Gasteiger partial charge in [0.05, 0.1) is 39.5 Å². The second-order valence-corrected chi connectivity index (χ2v) is 11.4. The van der Waals surface area contributed by atoms with Gasteiger partial charge >= 0.3 is 0 Å². The maximum absolute atomic E-state index is 11.8. The Kier molecular flexibility index (Phi) is 6.16. The van der Waals surface area contributed by atoms with Crippen LogP contribution in [0.1, 0.15) is 0 Å². The number of aromatic amines is 1. The maximum atomic E-state index is 11.8. The number of pyridine rings is 1. The predicted molar refractivity (Wildman–Crippen MR) is 119 cm³/mol. The predicted octanol–water partition coefficient (Wildman–Crippen LogP) is 2.83. The van der Waals surface area contributed by atoms with Gasteiger partial charge in [-0.2, -0.15) is 0 Å². The lowest BCUT2D eigenvalue weighted by Crippen LogP contribution is -2.14. The SMILES string of the molecule is COc1cc(S(C)(=O)=O)ccc1Nc1cc(NCCS(C)(=O)=O)c2c(Cl)c[nH]c2n1. The van der Waals surface area contributed by atoms with E-state index < -0.39 is 19.7 Å². The minimum atomic E-state index is -3.38. The summed E-state index contributed by atoms with van der Waals surface area (Å²) in [7, 11) is -5.07. The molecule has 0 radical (unpaired) electrons. The Morgan fingerprint density at radius 1 is 1.13 bits per heavy atom. The van der Waals surface area contributed by atoms with Gasteiger partial charge in [0.1, 0.15) is 27.1 Å². The van der Waals surface area contributed by atoms with Crippen LogP contribution in [-0.2, 0) is 19.7 Å². The van der Waals surface area contributed by atoms with Crippen LogP contribution in [0.15, 0.2) is 35.4 Å². The molecule has 12 heteroatoms. The summed E-state index contributed by atoms with van der Waals surface area (Å²) in [6, 6.07) is 6.16. The highest BCUT2D eigenvalue weighted by atomic mass is 35.5. The lowest BCUT2D eigenvalue weighted by molar-refractivity contribution is 0.415. The summed E-state index contributed by atoms with van der Waals surface area (Å²) in [5.41, 5.74) is 1.61. The Balaban J connectivity index is 1.97. The molecule has 0 saturated heterocycles. The van der Waals surface area contributed by atoms with E-state index >= 15 is 0 Å². The Morgan fingerprint density at radius 3 is 2.50 bits per heavy atom. The van der Waals surface area contributed by atoms with Gasteiger partial charge in [0.2, 0.25) is 0 Å². The number of rotatable bonds is 8. The summed E-state index contributed by atoms with van der Waals surface area (Å²) >= 11 is 6.24. The van der Waals surface area contributed by atoms with E-state index in [9.17, 15) is 16.8 Å². The van der Waals surface area contributed by atoms with E-state index in [4.69, 9.17) is 16.3 Å². The zero-order valence-electron chi connectivity index (χ0n) is 16.5. The number of methoxy groups -OCH3 is 1. The number of nitrogens with one attached hydrogen (secondary N) is 3. The summed E-state index contributed by atoms with van der Waals surface area (Å²) in [6.45, 7) is 0.200. The molecule has 0 fully saturated rings. The first-order chi connectivity index (χ1) is 14.0. The van der Waals surface area contributed by atoms with Crippen LogP contribution in [0.2, 0.25) is 5.02 Å². The number of fused-ring (bicyclic) bond motifs is 1. The Morgan fingerprint density at radius 2 is 1.87 bits per heavy atom. The van der Waals surface area contributed by atoms with E-state index in [1.807, 2.05) is 0 Å². The first kappa shape index (κ1) is 22.2. The van der Waals surface area contributed by atoms with E-state index in [1.54, 1.807) is 18.3 Å². The third-order valence-electron chi connectivity index (χ3n) is 4.25. The molecule has 9 nitrogen and oxygen atoms in total. The molecule has 0 aliphatic heterocycles. The largest absolute Gasteiger partial charge is 0.495 e. The van der Waals surface area contributed by atoms with Crippen LogP contribution in [0.3, 0.4) is 0 Å². The monoisotopic (exact) mass is 472 g/mol. The van der Waals surface area contributed by atoms with Crippen LogP contribution >= 0.6 is 11.6 Å². The molecule has 0 spiro atoms. The summed E-state index contributed by atoms with van der Waals surface area (Å²) in [4.78, 5) is 7.57. The standard InChI is InChI=1S/C18H21ClN4O5S2/c1-28-15-8-11(30(3,26)27)4-5-13(15)22-16-9-14(20-6-7-29(2,24)25)17-12(19)10-21-18(17)23-16/h4-5,8-10H,6-7H2,1-3H3,(H3,20,21,22,23). The van der Waals surface area contributed by atoms with Gasteiger partial charge in [-0.1, -0.05) is 11.6 Å². The molecule has 3 N–H and O–H groups in total. The van der Waals surface area contributed by atoms with Crippen LogP contribution in [0.4, 0.5) is 17.2 Å². The van der Waals surface area contributed by atoms with Crippen LogP contribution in [0, 0.1) is 0 Å². The molecule has 0 amide bonds. The molecule has 162 valence electrons. The molecule has 1 aromatic carbocycles. The van der Waals surface area contributed by atoms with Gasteiger partial charge in [-0.15, -0.1) is 0 Å². The maximum Gasteiger partial charge on any atom is 0.175 e. The fourth-order valence-electron chi connectivity index (χ4n) is 2.81. The van der Waals surface area contributed by atoms with Gasteiger partial charge in [0, 0.05) is 37.4 Å². The van der Waals surface area contributed by atoms with Crippen LogP contribution < -0.4 is 15.4 Å². The van der Waals surface area contributed by atoms with Gasteiger partial charge in [-0.25, -0.2) is 21.8 Å². The average molecular weight is 473 g/mol. The van der Waals surface area contributed by atoms with Gasteiger partial charge in [0.15, 0.2) is 9.84 Å². The molecule has 0 saturated carbocycles. The molecule has 3 rings (SSSR count). The zero-order valence-corrected chi connectivity index (χ0v) is 18.9. The highest BCUT2D eigenvalue weighted by Crippen LogP contribution is 2.34. The van der Waals surface area contributed by atoms with Crippen molar-refractivity contribution in [2.45, 2.75) is 4.90 Å². The molecule has 2 aromatic heterocycles. The second kappa shape index (κ2) is 8.32. The van der Waals surface area contributed by atoms with Gasteiger partial charge < -0.3 is 20.4 Å². The van der Waals surface area contributed by atoms with Gasteiger partial charge in [-0.05, 0) is 12.1 Å². The average Bonchev–Trinajstić information content (AvgIpc) is 3.01. The van der Waals surface area contributed by atoms with Crippen molar-refractivity contribution in [2.75, 3.05) is 42.6 Å². The third kappa shape index (κ3) is 5.15. The molecular formula is C18H21ClN4O5S2. The van der Waals surface area contributed by atoms with Crippen molar-refractivity contribution in [3.63, 3.8) is 0 Å². The number of ether oxygens (including phenoxy) is 1. The molecule has 30 heavy (non-hydrogen) atoms. The topological polar surface area (TPSA) is 130 Å². The summed E-state index contributed by atoms with van der Waals surface area (Å²) in [5, 5.41) is 7.26. The molecular weight excluding hydrogens is 452 g/mol. The number of benzene rings is 1. The molecule has 2 heterocycles. The number of sulfone groups is 2. The number of hydrogen-bond acceptors (Lipinski definition) is 8. The first-order valence-electron chi connectivity index (χ1n) is 8.72. The van der Waals surface area contributed by atoms with Crippen molar-refractivity contribution in [1.29, 1.82) is 0 Å². The zero-order chi connectivity index (χ0) is 22.1. The van der Waals surface area contributed by atoms with Crippen LogP contribution in [0.5, 0.6) is 5.75 Å². The molecule has 0 aliphatic carbocycles. The Hall–Kier alpha value is -2.50. The summed E-state index contributed by atoms with van der Waals surface area (Å²) in [5.74, 6) is 0.715.